The van der Waals surface area contributed by atoms with Crippen LogP contribution < -0.4 is 0 Å². The van der Waals surface area contributed by atoms with E-state index in [2.05, 4.69) is 60.1 Å². The number of carboxylic acid groups (broad SMARTS) is 1. The first kappa shape index (κ1) is 20.3. The molecule has 0 bridgehead atoms. The van der Waals surface area contributed by atoms with Crippen LogP contribution in [0.4, 0.5) is 0 Å². The van der Waals surface area contributed by atoms with Crippen LogP contribution in [0.25, 0.3) is 11.1 Å². The number of carboxylic acids is 1. The van der Waals surface area contributed by atoms with Gasteiger partial charge in [-0.05, 0) is 64.8 Å². The van der Waals surface area contributed by atoms with Gasteiger partial charge in [-0.3, -0.25) is 9.88 Å². The Bertz CT molecular complexity index is 1020. The molecule has 1 aliphatic heterocycles. The number of carbonyl (C=O) groups is 1. The van der Waals surface area contributed by atoms with Crippen molar-refractivity contribution < 1.29 is 9.90 Å². The number of pyridine rings is 1. The number of benzene rings is 2. The molecule has 3 aromatic rings. The van der Waals surface area contributed by atoms with Crippen molar-refractivity contribution in [2.24, 2.45) is 5.92 Å². The van der Waals surface area contributed by atoms with Gasteiger partial charge in [0.15, 0.2) is 0 Å². The normalized spacial score (nSPS) is 22.0. The maximum absolute atomic E-state index is 11.4. The minimum Gasteiger partial charge on any atom is -0.478 e. The molecule has 30 heavy (non-hydrogen) atoms. The molecule has 0 saturated carbocycles. The van der Waals surface area contributed by atoms with E-state index in [1.807, 2.05) is 24.4 Å². The third-order valence-corrected chi connectivity index (χ3v) is 6.69. The number of aromatic carboxylic acids is 1. The third kappa shape index (κ3) is 4.14. The Morgan fingerprint density at radius 3 is 2.60 bits per heavy atom. The van der Waals surface area contributed by atoms with Crippen molar-refractivity contribution in [3.63, 3.8) is 0 Å². The molecule has 1 N–H and O–H groups in total. The zero-order chi connectivity index (χ0) is 21.1. The first-order chi connectivity index (χ1) is 14.5. The molecule has 0 radical (unpaired) electrons. The predicted octanol–water partition coefficient (Wildman–Crippen LogP) is 5.25. The lowest BCUT2D eigenvalue weighted by Crippen LogP contribution is -2.47. The lowest BCUT2D eigenvalue weighted by atomic mass is 9.68. The minimum atomic E-state index is -0.861. The fourth-order valence-corrected chi connectivity index (χ4v) is 4.49. The Hall–Kier alpha value is -2.98. The van der Waals surface area contributed by atoms with Crippen LogP contribution in [0.3, 0.4) is 0 Å². The molecular weight excluding hydrogens is 372 g/mol. The molecular formula is C26H28N2O2. The van der Waals surface area contributed by atoms with Gasteiger partial charge in [0.2, 0.25) is 0 Å². The summed E-state index contributed by atoms with van der Waals surface area (Å²) in [5.41, 5.74) is 5.13. The molecule has 154 valence electrons. The molecule has 1 fully saturated rings. The highest BCUT2D eigenvalue weighted by Crippen LogP contribution is 2.40. The summed E-state index contributed by atoms with van der Waals surface area (Å²) in [6.07, 6.45) is 4.70. The first-order valence-corrected chi connectivity index (χ1v) is 10.5. The Labute approximate surface area is 178 Å². The van der Waals surface area contributed by atoms with E-state index in [4.69, 9.17) is 0 Å². The van der Waals surface area contributed by atoms with Crippen LogP contribution in [-0.2, 0) is 12.0 Å². The van der Waals surface area contributed by atoms with Gasteiger partial charge in [0.1, 0.15) is 0 Å². The van der Waals surface area contributed by atoms with E-state index in [0.717, 1.165) is 37.2 Å². The van der Waals surface area contributed by atoms with E-state index in [0.29, 0.717) is 11.5 Å². The van der Waals surface area contributed by atoms with Gasteiger partial charge in [0, 0.05) is 25.5 Å². The molecule has 4 heteroatoms. The molecule has 1 aromatic heterocycles. The zero-order valence-corrected chi connectivity index (χ0v) is 17.6. The topological polar surface area (TPSA) is 53.4 Å². The van der Waals surface area contributed by atoms with E-state index >= 15 is 0 Å². The highest BCUT2D eigenvalue weighted by atomic mass is 16.4. The summed E-state index contributed by atoms with van der Waals surface area (Å²) >= 11 is 0. The van der Waals surface area contributed by atoms with Crippen LogP contribution in [0.15, 0.2) is 73.1 Å². The highest BCUT2D eigenvalue weighted by molar-refractivity contribution is 5.87. The third-order valence-electron chi connectivity index (χ3n) is 6.69. The Balaban J connectivity index is 1.43. The molecule has 2 atom stereocenters. The molecule has 1 saturated heterocycles. The number of hydrogen-bond acceptors (Lipinski definition) is 3. The van der Waals surface area contributed by atoms with Crippen molar-refractivity contribution >= 4 is 5.97 Å². The summed E-state index contributed by atoms with van der Waals surface area (Å²) in [6, 6.07) is 20.3. The van der Waals surface area contributed by atoms with Gasteiger partial charge in [-0.2, -0.15) is 0 Å². The minimum absolute atomic E-state index is 0.00781. The summed E-state index contributed by atoms with van der Waals surface area (Å²) in [4.78, 5) is 18.1. The number of aromatic nitrogens is 1. The summed E-state index contributed by atoms with van der Waals surface area (Å²) in [5.74, 6) is -0.426. The molecule has 1 aliphatic rings. The second kappa shape index (κ2) is 8.41. The van der Waals surface area contributed by atoms with Crippen molar-refractivity contribution in [1.82, 2.24) is 9.88 Å². The van der Waals surface area contributed by atoms with E-state index in [1.165, 1.54) is 11.1 Å². The van der Waals surface area contributed by atoms with Crippen molar-refractivity contribution in [2.45, 2.75) is 32.2 Å². The molecule has 4 nitrogen and oxygen atoms in total. The lowest BCUT2D eigenvalue weighted by Gasteiger charge is -2.45. The van der Waals surface area contributed by atoms with E-state index in [1.54, 1.807) is 12.3 Å². The summed E-state index contributed by atoms with van der Waals surface area (Å²) in [5, 5.41) is 9.34. The number of hydrogen-bond donors (Lipinski definition) is 1. The largest absolute Gasteiger partial charge is 0.478 e. The van der Waals surface area contributed by atoms with Gasteiger partial charge >= 0.3 is 5.97 Å². The number of likely N-dealkylation sites (tertiary alicyclic amines) is 1. The molecule has 2 aromatic carbocycles. The van der Waals surface area contributed by atoms with Crippen LogP contribution >= 0.6 is 0 Å². The van der Waals surface area contributed by atoms with Crippen molar-refractivity contribution in [1.29, 1.82) is 0 Å². The van der Waals surface area contributed by atoms with Crippen LogP contribution in [-0.4, -0.2) is 34.0 Å². The van der Waals surface area contributed by atoms with E-state index in [-0.39, 0.29) is 5.41 Å². The SMILES string of the molecule is C[C@H]1CN(Cc2ccc(-c3cccnc3)cc2)CC[C@@]1(C)c1cccc(C(=O)O)c1. The quantitative estimate of drug-likeness (QED) is 0.636. The van der Waals surface area contributed by atoms with Gasteiger partial charge in [-0.25, -0.2) is 4.79 Å². The summed E-state index contributed by atoms with van der Waals surface area (Å²) in [6.45, 7) is 7.49. The average Bonchev–Trinajstić information content (AvgIpc) is 2.77. The Morgan fingerprint density at radius 1 is 1.13 bits per heavy atom. The van der Waals surface area contributed by atoms with Crippen molar-refractivity contribution in [2.75, 3.05) is 13.1 Å². The van der Waals surface area contributed by atoms with Gasteiger partial charge in [-0.15, -0.1) is 0 Å². The zero-order valence-electron chi connectivity index (χ0n) is 17.6. The number of rotatable bonds is 5. The van der Waals surface area contributed by atoms with Crippen LogP contribution in [0.5, 0.6) is 0 Å². The Kier molecular flexibility index (Phi) is 5.69. The van der Waals surface area contributed by atoms with Crippen LogP contribution in [0.1, 0.15) is 41.8 Å². The molecule has 0 aliphatic carbocycles. The molecule has 0 unspecified atom stereocenters. The lowest BCUT2D eigenvalue weighted by molar-refractivity contribution is 0.0696. The van der Waals surface area contributed by atoms with E-state index < -0.39 is 5.97 Å². The molecule has 0 amide bonds. The highest BCUT2D eigenvalue weighted by Gasteiger charge is 2.38. The second-order valence-electron chi connectivity index (χ2n) is 8.63. The standard InChI is InChI=1S/C26H28N2O2/c1-19-17-28(14-12-26(19,2)24-7-3-5-22(15-24)25(29)30)18-20-8-10-21(11-9-20)23-6-4-13-27-16-23/h3-11,13,15-16,19H,12,14,17-18H2,1-2H3,(H,29,30)/t19-,26+/m0/s1. The first-order valence-electron chi connectivity index (χ1n) is 10.5. The van der Waals surface area contributed by atoms with E-state index in [9.17, 15) is 9.90 Å². The average molecular weight is 401 g/mol. The number of piperidine rings is 1. The molecule has 2 heterocycles. The van der Waals surface area contributed by atoms with Crippen LogP contribution in [0.2, 0.25) is 0 Å². The van der Waals surface area contributed by atoms with Gasteiger partial charge in [-0.1, -0.05) is 56.3 Å². The van der Waals surface area contributed by atoms with Crippen molar-refractivity contribution in [3.8, 4) is 11.1 Å². The monoisotopic (exact) mass is 400 g/mol. The smallest absolute Gasteiger partial charge is 0.335 e. The maximum atomic E-state index is 11.4. The molecule has 4 rings (SSSR count). The second-order valence-corrected chi connectivity index (χ2v) is 8.63. The van der Waals surface area contributed by atoms with Gasteiger partial charge < -0.3 is 5.11 Å². The fraction of sp³-hybridized carbons (Fsp3) is 0.308. The number of nitrogens with zero attached hydrogens (tertiary/aromatic N) is 2. The Morgan fingerprint density at radius 2 is 1.93 bits per heavy atom. The predicted molar refractivity (Wildman–Crippen MR) is 119 cm³/mol. The summed E-state index contributed by atoms with van der Waals surface area (Å²) < 4.78 is 0. The van der Waals surface area contributed by atoms with Crippen LogP contribution in [0, 0.1) is 5.92 Å². The summed E-state index contributed by atoms with van der Waals surface area (Å²) in [7, 11) is 0. The maximum Gasteiger partial charge on any atom is 0.335 e. The fourth-order valence-electron chi connectivity index (χ4n) is 4.49. The van der Waals surface area contributed by atoms with Gasteiger partial charge in [0.05, 0.1) is 5.56 Å². The van der Waals surface area contributed by atoms with Crippen molar-refractivity contribution in [3.05, 3.63) is 89.7 Å². The molecule has 0 spiro atoms. The van der Waals surface area contributed by atoms with Gasteiger partial charge in [0.25, 0.3) is 0 Å².